The third-order valence-corrected chi connectivity index (χ3v) is 8.05. The number of morpholine rings is 1. The number of hydrogen-bond donors (Lipinski definition) is 1. The highest BCUT2D eigenvalue weighted by Crippen LogP contribution is 2.36. The van der Waals surface area contributed by atoms with Gasteiger partial charge in [0.2, 0.25) is 0 Å². The number of carbonyl (C=O) groups is 1. The van der Waals surface area contributed by atoms with Crippen molar-refractivity contribution < 1.29 is 27.4 Å². The van der Waals surface area contributed by atoms with Crippen molar-refractivity contribution in [2.75, 3.05) is 40.5 Å². The first kappa shape index (κ1) is 21.8. The third kappa shape index (κ3) is 4.84. The molecule has 1 aliphatic heterocycles. The third-order valence-electron chi connectivity index (χ3n) is 4.32. The minimum Gasteiger partial charge on any atom is -0.493 e. The van der Waals surface area contributed by atoms with E-state index < -0.39 is 10.0 Å². The van der Waals surface area contributed by atoms with E-state index in [2.05, 4.69) is 5.32 Å². The molecule has 2 heterocycles. The lowest BCUT2D eigenvalue weighted by Gasteiger charge is -2.25. The zero-order chi connectivity index (χ0) is 21.0. The van der Waals surface area contributed by atoms with Crippen LogP contribution in [0.15, 0.2) is 28.5 Å². The van der Waals surface area contributed by atoms with Crippen LogP contribution in [0.5, 0.6) is 11.5 Å². The Morgan fingerprint density at radius 3 is 2.62 bits per heavy atom. The van der Waals surface area contributed by atoms with E-state index in [4.69, 9.17) is 25.8 Å². The lowest BCUT2D eigenvalue weighted by molar-refractivity contribution is 0.0731. The number of sulfonamides is 1. The number of hydrogen-bond acceptors (Lipinski definition) is 7. The van der Waals surface area contributed by atoms with Gasteiger partial charge in [0.05, 0.1) is 39.0 Å². The summed E-state index contributed by atoms with van der Waals surface area (Å²) in [6, 6.07) is 6.27. The van der Waals surface area contributed by atoms with Crippen molar-refractivity contribution in [3.05, 3.63) is 39.7 Å². The maximum atomic E-state index is 12.7. The Hall–Kier alpha value is -1.85. The Morgan fingerprint density at radius 2 is 1.97 bits per heavy atom. The molecule has 0 atom stereocenters. The van der Waals surface area contributed by atoms with E-state index in [1.54, 1.807) is 12.1 Å². The van der Waals surface area contributed by atoms with Crippen molar-refractivity contribution in [2.45, 2.75) is 10.8 Å². The highest BCUT2D eigenvalue weighted by molar-refractivity contribution is 7.91. The molecule has 29 heavy (non-hydrogen) atoms. The maximum absolute atomic E-state index is 12.7. The van der Waals surface area contributed by atoms with E-state index in [-0.39, 0.29) is 21.7 Å². The fourth-order valence-corrected chi connectivity index (χ4v) is 5.97. The molecule has 0 saturated carbocycles. The molecule has 0 aliphatic carbocycles. The SMILES string of the molecule is COc1cc(C(=O)NCc2ccc(S(=O)(=O)N3CCOCC3)s2)cc(Cl)c1OC. The van der Waals surface area contributed by atoms with Crippen LogP contribution in [-0.4, -0.2) is 59.2 Å². The van der Waals surface area contributed by atoms with Crippen LogP contribution in [0.1, 0.15) is 15.2 Å². The first-order valence-electron chi connectivity index (χ1n) is 8.73. The number of nitrogens with zero attached hydrogens (tertiary/aromatic N) is 1. The van der Waals surface area contributed by atoms with Gasteiger partial charge in [-0.3, -0.25) is 4.79 Å². The summed E-state index contributed by atoms with van der Waals surface area (Å²) in [7, 11) is -0.626. The molecule has 1 saturated heterocycles. The van der Waals surface area contributed by atoms with Crippen LogP contribution in [-0.2, 0) is 21.3 Å². The van der Waals surface area contributed by atoms with Crippen LogP contribution in [0.4, 0.5) is 0 Å². The summed E-state index contributed by atoms with van der Waals surface area (Å²) in [5.74, 6) is 0.334. The first-order valence-corrected chi connectivity index (χ1v) is 11.4. The Balaban J connectivity index is 1.68. The van der Waals surface area contributed by atoms with Gasteiger partial charge in [0.1, 0.15) is 4.21 Å². The molecule has 158 valence electrons. The van der Waals surface area contributed by atoms with Crippen molar-refractivity contribution in [3.8, 4) is 11.5 Å². The van der Waals surface area contributed by atoms with Crippen molar-refractivity contribution in [2.24, 2.45) is 0 Å². The summed E-state index contributed by atoms with van der Waals surface area (Å²) in [4.78, 5) is 13.2. The van der Waals surface area contributed by atoms with Gasteiger partial charge in [-0.1, -0.05) is 11.6 Å². The summed E-state index contributed by atoms with van der Waals surface area (Å²) >= 11 is 7.27. The summed E-state index contributed by atoms with van der Waals surface area (Å²) in [5, 5.41) is 3.02. The van der Waals surface area contributed by atoms with Crippen LogP contribution in [0.2, 0.25) is 5.02 Å². The minimum absolute atomic E-state index is 0.189. The number of carbonyl (C=O) groups excluding carboxylic acids is 1. The molecule has 1 fully saturated rings. The zero-order valence-electron chi connectivity index (χ0n) is 15.9. The molecule has 1 N–H and O–H groups in total. The van der Waals surface area contributed by atoms with E-state index >= 15 is 0 Å². The quantitative estimate of drug-likeness (QED) is 0.681. The fourth-order valence-electron chi connectivity index (χ4n) is 2.82. The molecule has 3 rings (SSSR count). The van der Waals surface area contributed by atoms with E-state index in [0.717, 1.165) is 16.2 Å². The molecule has 0 unspecified atom stereocenters. The molecule has 1 aromatic carbocycles. The predicted octanol–water partition coefficient (Wildman–Crippen LogP) is 2.37. The van der Waals surface area contributed by atoms with Gasteiger partial charge in [-0.25, -0.2) is 8.42 Å². The average molecular weight is 461 g/mol. The molecular formula is C18H21ClN2O6S2. The zero-order valence-corrected chi connectivity index (χ0v) is 18.3. The van der Waals surface area contributed by atoms with E-state index in [9.17, 15) is 13.2 Å². The molecule has 1 amide bonds. The van der Waals surface area contributed by atoms with Crippen molar-refractivity contribution in [1.82, 2.24) is 9.62 Å². The van der Waals surface area contributed by atoms with E-state index in [1.807, 2.05) is 0 Å². The fraction of sp³-hybridized carbons (Fsp3) is 0.389. The molecule has 0 bridgehead atoms. The maximum Gasteiger partial charge on any atom is 0.252 e. The molecule has 1 aromatic heterocycles. The number of ether oxygens (including phenoxy) is 3. The lowest BCUT2D eigenvalue weighted by Crippen LogP contribution is -2.40. The molecule has 0 spiro atoms. The lowest BCUT2D eigenvalue weighted by atomic mass is 10.2. The topological polar surface area (TPSA) is 94.2 Å². The van der Waals surface area contributed by atoms with Crippen LogP contribution >= 0.6 is 22.9 Å². The van der Waals surface area contributed by atoms with Gasteiger partial charge in [0.25, 0.3) is 15.9 Å². The van der Waals surface area contributed by atoms with Crippen LogP contribution in [0, 0.1) is 0 Å². The monoisotopic (exact) mass is 460 g/mol. The Morgan fingerprint density at radius 1 is 1.24 bits per heavy atom. The average Bonchev–Trinajstić information content (AvgIpc) is 3.22. The van der Waals surface area contributed by atoms with E-state index in [1.165, 1.54) is 30.7 Å². The van der Waals surface area contributed by atoms with Gasteiger partial charge < -0.3 is 19.5 Å². The summed E-state index contributed by atoms with van der Waals surface area (Å²) in [6.45, 7) is 1.65. The molecule has 2 aromatic rings. The van der Waals surface area contributed by atoms with Gasteiger partial charge in [0.15, 0.2) is 11.5 Å². The largest absolute Gasteiger partial charge is 0.493 e. The molecule has 8 nitrogen and oxygen atoms in total. The van der Waals surface area contributed by atoms with Crippen molar-refractivity contribution in [3.63, 3.8) is 0 Å². The highest BCUT2D eigenvalue weighted by atomic mass is 35.5. The van der Waals surface area contributed by atoms with Crippen molar-refractivity contribution in [1.29, 1.82) is 0 Å². The number of rotatable bonds is 7. The van der Waals surface area contributed by atoms with Crippen LogP contribution in [0.3, 0.4) is 0 Å². The normalized spacial score (nSPS) is 15.1. The molecule has 1 aliphatic rings. The smallest absolute Gasteiger partial charge is 0.252 e. The van der Waals surface area contributed by atoms with Crippen molar-refractivity contribution >= 4 is 38.9 Å². The number of nitrogens with one attached hydrogen (secondary N) is 1. The standard InChI is InChI=1S/C18H21ClN2O6S2/c1-25-15-10-12(9-14(19)17(15)26-2)18(22)20-11-13-3-4-16(28-13)29(23,24)21-5-7-27-8-6-21/h3-4,9-10H,5-8,11H2,1-2H3,(H,20,22). The number of amides is 1. The van der Waals surface area contributed by atoms with Crippen LogP contribution in [0.25, 0.3) is 0 Å². The Labute approximate surface area is 178 Å². The predicted molar refractivity (Wildman–Crippen MR) is 110 cm³/mol. The minimum atomic E-state index is -3.54. The van der Waals surface area contributed by atoms with E-state index in [0.29, 0.717) is 43.4 Å². The van der Waals surface area contributed by atoms with Gasteiger partial charge in [-0.2, -0.15) is 4.31 Å². The number of thiophene rings is 1. The number of halogens is 1. The second-order valence-corrected chi connectivity index (χ2v) is 9.85. The van der Waals surface area contributed by atoms with Gasteiger partial charge in [0, 0.05) is 23.5 Å². The Kier molecular flexibility index (Phi) is 7.01. The van der Waals surface area contributed by atoms with Crippen LogP contribution < -0.4 is 14.8 Å². The summed E-state index contributed by atoms with van der Waals surface area (Å²) < 4.78 is 42.6. The van der Waals surface area contributed by atoms with Gasteiger partial charge in [-0.05, 0) is 24.3 Å². The molecule has 11 heteroatoms. The summed E-state index contributed by atoms with van der Waals surface area (Å²) in [5.41, 5.74) is 0.311. The molecule has 0 radical (unpaired) electrons. The number of methoxy groups -OCH3 is 2. The van der Waals surface area contributed by atoms with Gasteiger partial charge >= 0.3 is 0 Å². The first-order chi connectivity index (χ1) is 13.9. The van der Waals surface area contributed by atoms with Gasteiger partial charge in [-0.15, -0.1) is 11.3 Å². The Bertz CT molecular complexity index is 986. The highest BCUT2D eigenvalue weighted by Gasteiger charge is 2.27. The summed E-state index contributed by atoms with van der Waals surface area (Å²) in [6.07, 6.45) is 0. The second-order valence-electron chi connectivity index (χ2n) is 6.11. The molecular weight excluding hydrogens is 440 g/mol. The second kappa shape index (κ2) is 9.31. The number of benzene rings is 1.